The van der Waals surface area contributed by atoms with Crippen molar-refractivity contribution in [3.63, 3.8) is 0 Å². The minimum absolute atomic E-state index is 0.106. The largest absolute Gasteiger partial charge is 0.355 e. The SMILES string of the molecule is CNC(=O)c1ccc(CN(Cc2ccc(C#N)cc2F)C2CC2)cc1. The second-order valence-electron chi connectivity index (χ2n) is 6.33. The molecule has 0 aliphatic heterocycles. The van der Waals surface area contributed by atoms with Crippen LogP contribution in [0.15, 0.2) is 42.5 Å². The van der Waals surface area contributed by atoms with Gasteiger partial charge in [0.15, 0.2) is 0 Å². The highest BCUT2D eigenvalue weighted by Gasteiger charge is 2.29. The summed E-state index contributed by atoms with van der Waals surface area (Å²) in [6.45, 7) is 1.22. The quantitative estimate of drug-likeness (QED) is 0.880. The van der Waals surface area contributed by atoms with Crippen molar-refractivity contribution in [2.75, 3.05) is 7.05 Å². The molecule has 4 nitrogen and oxygen atoms in total. The molecule has 0 spiro atoms. The molecule has 1 fully saturated rings. The molecular weight excluding hydrogens is 317 g/mol. The van der Waals surface area contributed by atoms with Crippen molar-refractivity contribution in [2.24, 2.45) is 0 Å². The molecule has 0 saturated heterocycles. The molecule has 128 valence electrons. The molecule has 3 rings (SSSR count). The normalized spacial score (nSPS) is 13.5. The number of hydrogen-bond donors (Lipinski definition) is 1. The third-order valence-corrected chi connectivity index (χ3v) is 4.45. The molecule has 0 aromatic heterocycles. The number of hydrogen-bond acceptors (Lipinski definition) is 3. The van der Waals surface area contributed by atoms with Crippen LogP contribution in [0.4, 0.5) is 4.39 Å². The van der Waals surface area contributed by atoms with Crippen LogP contribution in [0.5, 0.6) is 0 Å². The summed E-state index contributed by atoms with van der Waals surface area (Å²) in [6, 6.07) is 14.6. The first-order valence-corrected chi connectivity index (χ1v) is 8.34. The van der Waals surface area contributed by atoms with Crippen molar-refractivity contribution in [3.8, 4) is 6.07 Å². The summed E-state index contributed by atoms with van der Waals surface area (Å²) in [5.74, 6) is -0.440. The zero-order chi connectivity index (χ0) is 17.8. The Bertz CT molecular complexity index is 807. The molecule has 1 saturated carbocycles. The van der Waals surface area contributed by atoms with E-state index in [-0.39, 0.29) is 11.7 Å². The van der Waals surface area contributed by atoms with Crippen LogP contribution in [0.3, 0.4) is 0 Å². The van der Waals surface area contributed by atoms with Crippen molar-refractivity contribution < 1.29 is 9.18 Å². The van der Waals surface area contributed by atoms with E-state index in [0.29, 0.717) is 35.8 Å². The van der Waals surface area contributed by atoms with E-state index in [2.05, 4.69) is 10.2 Å². The highest BCUT2D eigenvalue weighted by molar-refractivity contribution is 5.93. The third kappa shape index (κ3) is 4.23. The van der Waals surface area contributed by atoms with Gasteiger partial charge in [0.2, 0.25) is 0 Å². The molecule has 0 bridgehead atoms. The topological polar surface area (TPSA) is 56.1 Å². The fraction of sp³-hybridized carbons (Fsp3) is 0.300. The van der Waals surface area contributed by atoms with Crippen LogP contribution in [0.25, 0.3) is 0 Å². The van der Waals surface area contributed by atoms with Gasteiger partial charge in [0.1, 0.15) is 5.82 Å². The van der Waals surface area contributed by atoms with Gasteiger partial charge in [-0.15, -0.1) is 0 Å². The molecular formula is C20H20FN3O. The Labute approximate surface area is 146 Å². The van der Waals surface area contributed by atoms with Crippen LogP contribution < -0.4 is 5.32 Å². The first-order chi connectivity index (χ1) is 12.1. The smallest absolute Gasteiger partial charge is 0.251 e. The van der Waals surface area contributed by atoms with Crippen molar-refractivity contribution in [1.82, 2.24) is 10.2 Å². The third-order valence-electron chi connectivity index (χ3n) is 4.45. The van der Waals surface area contributed by atoms with Gasteiger partial charge in [-0.1, -0.05) is 18.2 Å². The van der Waals surface area contributed by atoms with Crippen molar-refractivity contribution in [2.45, 2.75) is 32.0 Å². The van der Waals surface area contributed by atoms with E-state index >= 15 is 0 Å². The first-order valence-electron chi connectivity index (χ1n) is 8.34. The van der Waals surface area contributed by atoms with Gasteiger partial charge >= 0.3 is 0 Å². The summed E-state index contributed by atoms with van der Waals surface area (Å²) in [5.41, 5.74) is 2.66. The van der Waals surface area contributed by atoms with Gasteiger partial charge < -0.3 is 5.32 Å². The molecule has 5 heteroatoms. The lowest BCUT2D eigenvalue weighted by molar-refractivity contribution is 0.0963. The number of nitrogens with one attached hydrogen (secondary N) is 1. The number of carbonyl (C=O) groups excluding carboxylic acids is 1. The Morgan fingerprint density at radius 1 is 1.24 bits per heavy atom. The maximum absolute atomic E-state index is 14.2. The Morgan fingerprint density at radius 2 is 1.96 bits per heavy atom. The Balaban J connectivity index is 1.72. The van der Waals surface area contributed by atoms with Gasteiger partial charge in [0.05, 0.1) is 11.6 Å². The predicted molar refractivity (Wildman–Crippen MR) is 93.2 cm³/mol. The number of halogens is 1. The van der Waals surface area contributed by atoms with E-state index in [4.69, 9.17) is 5.26 Å². The molecule has 1 aliphatic rings. The Hall–Kier alpha value is -2.71. The number of rotatable bonds is 6. The molecule has 0 unspecified atom stereocenters. The molecule has 1 amide bonds. The van der Waals surface area contributed by atoms with Crippen LogP contribution in [-0.2, 0) is 13.1 Å². The second-order valence-corrected chi connectivity index (χ2v) is 6.33. The molecule has 2 aromatic rings. The number of benzene rings is 2. The van der Waals surface area contributed by atoms with Gasteiger partial charge in [-0.05, 0) is 42.7 Å². The van der Waals surface area contributed by atoms with E-state index in [9.17, 15) is 9.18 Å². The minimum atomic E-state index is -0.334. The van der Waals surface area contributed by atoms with E-state index in [1.807, 2.05) is 30.3 Å². The van der Waals surface area contributed by atoms with Gasteiger partial charge in [-0.3, -0.25) is 9.69 Å². The number of nitriles is 1. The standard InChI is InChI=1S/C20H20FN3O/c1-23-20(25)16-5-2-14(3-6-16)12-24(18-8-9-18)13-17-7-4-15(11-22)10-19(17)21/h2-7,10,18H,8-9,12-13H2,1H3,(H,23,25). The minimum Gasteiger partial charge on any atom is -0.355 e. The lowest BCUT2D eigenvalue weighted by atomic mass is 10.1. The van der Waals surface area contributed by atoms with E-state index in [1.165, 1.54) is 6.07 Å². The molecule has 0 radical (unpaired) electrons. The summed E-state index contributed by atoms with van der Waals surface area (Å²) < 4.78 is 14.2. The summed E-state index contributed by atoms with van der Waals surface area (Å²) in [7, 11) is 1.61. The van der Waals surface area contributed by atoms with Crippen molar-refractivity contribution in [3.05, 3.63) is 70.5 Å². The lowest BCUT2D eigenvalue weighted by Crippen LogP contribution is -2.25. The molecule has 0 atom stereocenters. The average Bonchev–Trinajstić information content (AvgIpc) is 3.47. The summed E-state index contributed by atoms with van der Waals surface area (Å²) >= 11 is 0. The van der Waals surface area contributed by atoms with Gasteiger partial charge in [-0.2, -0.15) is 5.26 Å². The van der Waals surface area contributed by atoms with Gasteiger partial charge in [0, 0.05) is 37.3 Å². The van der Waals surface area contributed by atoms with Crippen molar-refractivity contribution >= 4 is 5.91 Å². The fourth-order valence-corrected chi connectivity index (χ4v) is 2.86. The lowest BCUT2D eigenvalue weighted by Gasteiger charge is -2.22. The summed E-state index contributed by atoms with van der Waals surface area (Å²) in [5, 5.41) is 11.5. The zero-order valence-corrected chi connectivity index (χ0v) is 14.1. The van der Waals surface area contributed by atoms with E-state index in [1.54, 1.807) is 19.2 Å². The van der Waals surface area contributed by atoms with Crippen LogP contribution in [0.2, 0.25) is 0 Å². The number of carbonyl (C=O) groups is 1. The maximum atomic E-state index is 14.2. The first kappa shape index (κ1) is 17.1. The molecule has 1 N–H and O–H groups in total. The summed E-state index contributed by atoms with van der Waals surface area (Å²) in [6.07, 6.45) is 2.24. The molecule has 1 aliphatic carbocycles. The highest BCUT2D eigenvalue weighted by atomic mass is 19.1. The fourth-order valence-electron chi connectivity index (χ4n) is 2.86. The number of nitrogens with zero attached hydrogens (tertiary/aromatic N) is 2. The monoisotopic (exact) mass is 337 g/mol. The maximum Gasteiger partial charge on any atom is 0.251 e. The van der Waals surface area contributed by atoms with Crippen LogP contribution in [0.1, 0.15) is 39.9 Å². The number of amides is 1. The molecule has 2 aromatic carbocycles. The van der Waals surface area contributed by atoms with Gasteiger partial charge in [0.25, 0.3) is 5.91 Å². The van der Waals surface area contributed by atoms with Crippen LogP contribution >= 0.6 is 0 Å². The second kappa shape index (κ2) is 7.45. The van der Waals surface area contributed by atoms with Crippen LogP contribution in [0, 0.1) is 17.1 Å². The van der Waals surface area contributed by atoms with Gasteiger partial charge in [-0.25, -0.2) is 4.39 Å². The Morgan fingerprint density at radius 3 is 2.52 bits per heavy atom. The Kier molecular flexibility index (Phi) is 5.11. The van der Waals surface area contributed by atoms with E-state index in [0.717, 1.165) is 18.4 Å². The van der Waals surface area contributed by atoms with Crippen LogP contribution in [-0.4, -0.2) is 23.9 Å². The summed E-state index contributed by atoms with van der Waals surface area (Å²) in [4.78, 5) is 13.9. The highest BCUT2D eigenvalue weighted by Crippen LogP contribution is 2.30. The predicted octanol–water partition coefficient (Wildman–Crippen LogP) is 3.22. The molecule has 25 heavy (non-hydrogen) atoms. The molecule has 0 heterocycles. The zero-order valence-electron chi connectivity index (χ0n) is 14.1. The average molecular weight is 337 g/mol. The van der Waals surface area contributed by atoms with E-state index < -0.39 is 0 Å². The van der Waals surface area contributed by atoms with Crippen molar-refractivity contribution in [1.29, 1.82) is 5.26 Å².